The summed E-state index contributed by atoms with van der Waals surface area (Å²) in [7, 11) is 0. The summed E-state index contributed by atoms with van der Waals surface area (Å²) in [6, 6.07) is 15.8. The minimum absolute atomic E-state index is 0.174. The SMILES string of the molecule is CCOc1cc(/C=C2\C(=O)NC(=O)N(c3ccc(C)cc3C)C2=O)cc(Cl)c1Cc1ccccc1Br. The third-order valence-electron chi connectivity index (χ3n) is 5.81. The Morgan fingerprint density at radius 1 is 1.06 bits per heavy atom. The molecular weight excluding hydrogens is 544 g/mol. The van der Waals surface area contributed by atoms with E-state index in [2.05, 4.69) is 21.2 Å². The highest BCUT2D eigenvalue weighted by atomic mass is 79.9. The van der Waals surface area contributed by atoms with Crippen LogP contribution in [0.15, 0.2) is 64.6 Å². The molecule has 3 aromatic rings. The van der Waals surface area contributed by atoms with Crippen molar-refractivity contribution in [2.75, 3.05) is 11.5 Å². The third kappa shape index (κ3) is 5.22. The number of ether oxygens (including phenoxy) is 1. The molecule has 184 valence electrons. The topological polar surface area (TPSA) is 75.7 Å². The maximum atomic E-state index is 13.3. The summed E-state index contributed by atoms with van der Waals surface area (Å²) in [6.07, 6.45) is 1.96. The van der Waals surface area contributed by atoms with Gasteiger partial charge in [0.25, 0.3) is 11.8 Å². The van der Waals surface area contributed by atoms with Crippen LogP contribution in [-0.4, -0.2) is 24.5 Å². The van der Waals surface area contributed by atoms with E-state index in [1.165, 1.54) is 6.08 Å². The molecule has 0 bridgehead atoms. The molecule has 8 heteroatoms. The normalized spacial score (nSPS) is 14.9. The van der Waals surface area contributed by atoms with Gasteiger partial charge in [0, 0.05) is 21.5 Å². The van der Waals surface area contributed by atoms with E-state index in [0.717, 1.165) is 31.6 Å². The highest BCUT2D eigenvalue weighted by Gasteiger charge is 2.37. The maximum Gasteiger partial charge on any atom is 0.335 e. The summed E-state index contributed by atoms with van der Waals surface area (Å²) in [5.74, 6) is -0.918. The number of barbiturate groups is 1. The van der Waals surface area contributed by atoms with Crippen molar-refractivity contribution in [3.8, 4) is 5.75 Å². The Hall–Kier alpha value is -3.42. The number of imide groups is 2. The van der Waals surface area contributed by atoms with Gasteiger partial charge in [-0.25, -0.2) is 9.69 Å². The Balaban J connectivity index is 1.74. The van der Waals surface area contributed by atoms with Crippen molar-refractivity contribution >= 4 is 57.1 Å². The zero-order chi connectivity index (χ0) is 26.0. The number of carbonyl (C=O) groups excluding carboxylic acids is 3. The number of hydrogen-bond acceptors (Lipinski definition) is 4. The second-order valence-electron chi connectivity index (χ2n) is 8.43. The molecule has 3 aromatic carbocycles. The maximum absolute atomic E-state index is 13.3. The van der Waals surface area contributed by atoms with E-state index >= 15 is 0 Å². The van der Waals surface area contributed by atoms with Crippen LogP contribution in [0.5, 0.6) is 5.75 Å². The Bertz CT molecular complexity index is 1420. The summed E-state index contributed by atoms with van der Waals surface area (Å²) in [4.78, 5) is 39.6. The van der Waals surface area contributed by atoms with Crippen LogP contribution >= 0.6 is 27.5 Å². The molecule has 1 N–H and O–H groups in total. The molecule has 0 radical (unpaired) electrons. The number of halogens is 2. The van der Waals surface area contributed by atoms with Crippen molar-refractivity contribution in [3.63, 3.8) is 0 Å². The van der Waals surface area contributed by atoms with Gasteiger partial charge < -0.3 is 4.74 Å². The van der Waals surface area contributed by atoms with Crippen LogP contribution in [0.1, 0.15) is 34.7 Å². The molecule has 0 aliphatic carbocycles. The largest absolute Gasteiger partial charge is 0.494 e. The molecule has 0 aromatic heterocycles. The van der Waals surface area contributed by atoms with Crippen LogP contribution in [0.2, 0.25) is 5.02 Å². The fourth-order valence-electron chi connectivity index (χ4n) is 4.10. The summed E-state index contributed by atoms with van der Waals surface area (Å²) >= 11 is 10.2. The summed E-state index contributed by atoms with van der Waals surface area (Å²) in [5, 5.41) is 2.70. The quantitative estimate of drug-likeness (QED) is 0.277. The fraction of sp³-hybridized carbons (Fsp3) is 0.179. The number of aryl methyl sites for hydroxylation is 2. The van der Waals surface area contributed by atoms with Crippen molar-refractivity contribution in [1.82, 2.24) is 5.32 Å². The molecule has 1 fully saturated rings. The molecule has 1 aliphatic heterocycles. The molecule has 0 unspecified atom stereocenters. The van der Waals surface area contributed by atoms with Crippen LogP contribution in [0.4, 0.5) is 10.5 Å². The van der Waals surface area contributed by atoms with E-state index in [0.29, 0.717) is 35.1 Å². The molecule has 4 rings (SSSR count). The minimum Gasteiger partial charge on any atom is -0.494 e. The second kappa shape index (κ2) is 10.7. The van der Waals surface area contributed by atoms with E-state index in [9.17, 15) is 14.4 Å². The lowest BCUT2D eigenvalue weighted by Gasteiger charge is -2.27. The molecule has 1 saturated heterocycles. The zero-order valence-electron chi connectivity index (χ0n) is 20.0. The van der Waals surface area contributed by atoms with Gasteiger partial charge in [-0.2, -0.15) is 0 Å². The lowest BCUT2D eigenvalue weighted by Crippen LogP contribution is -2.54. The Morgan fingerprint density at radius 2 is 1.81 bits per heavy atom. The first kappa shape index (κ1) is 25.7. The highest BCUT2D eigenvalue weighted by Crippen LogP contribution is 2.34. The molecule has 1 heterocycles. The summed E-state index contributed by atoms with van der Waals surface area (Å²) in [6.45, 7) is 6.00. The zero-order valence-corrected chi connectivity index (χ0v) is 22.4. The van der Waals surface area contributed by atoms with Crippen molar-refractivity contribution in [3.05, 3.63) is 97.5 Å². The summed E-state index contributed by atoms with van der Waals surface area (Å²) in [5.41, 5.74) is 4.31. The predicted molar refractivity (Wildman–Crippen MR) is 144 cm³/mol. The molecule has 6 nitrogen and oxygen atoms in total. The molecular formula is C28H24BrClN2O4. The Kier molecular flexibility index (Phi) is 7.62. The average molecular weight is 568 g/mol. The standard InChI is InChI=1S/C28H24BrClN2O4/c1-4-36-25-14-18(13-23(30)20(25)15-19-7-5-6-8-22(19)29)12-21-26(33)31-28(35)32(27(21)34)24-10-9-16(2)11-17(24)3/h5-14H,4,15H2,1-3H3,(H,31,33,35)/b21-12+. The van der Waals surface area contributed by atoms with Crippen molar-refractivity contribution in [1.29, 1.82) is 0 Å². The lowest BCUT2D eigenvalue weighted by atomic mass is 10.00. The van der Waals surface area contributed by atoms with Gasteiger partial charge in [-0.1, -0.05) is 63.4 Å². The number of rotatable bonds is 6. The molecule has 4 amide bonds. The van der Waals surface area contributed by atoms with Crippen LogP contribution < -0.4 is 15.0 Å². The molecule has 0 saturated carbocycles. The summed E-state index contributed by atoms with van der Waals surface area (Å²) < 4.78 is 6.82. The van der Waals surface area contributed by atoms with Gasteiger partial charge in [0.05, 0.1) is 12.3 Å². The van der Waals surface area contributed by atoms with Gasteiger partial charge in [-0.15, -0.1) is 0 Å². The van der Waals surface area contributed by atoms with E-state index in [1.807, 2.05) is 44.2 Å². The van der Waals surface area contributed by atoms with Gasteiger partial charge >= 0.3 is 6.03 Å². The van der Waals surface area contributed by atoms with Crippen LogP contribution in [0, 0.1) is 13.8 Å². The molecule has 1 aliphatic rings. The van der Waals surface area contributed by atoms with E-state index in [-0.39, 0.29) is 5.57 Å². The van der Waals surface area contributed by atoms with Gasteiger partial charge in [0.15, 0.2) is 0 Å². The van der Waals surface area contributed by atoms with Crippen LogP contribution in [-0.2, 0) is 16.0 Å². The number of nitrogens with zero attached hydrogens (tertiary/aromatic N) is 1. The monoisotopic (exact) mass is 566 g/mol. The fourth-order valence-corrected chi connectivity index (χ4v) is 4.81. The number of hydrogen-bond donors (Lipinski definition) is 1. The lowest BCUT2D eigenvalue weighted by molar-refractivity contribution is -0.122. The minimum atomic E-state index is -0.786. The van der Waals surface area contributed by atoms with Crippen LogP contribution in [0.3, 0.4) is 0 Å². The van der Waals surface area contributed by atoms with Crippen molar-refractivity contribution in [2.45, 2.75) is 27.2 Å². The molecule has 36 heavy (non-hydrogen) atoms. The highest BCUT2D eigenvalue weighted by molar-refractivity contribution is 9.10. The Labute approximate surface area is 223 Å². The van der Waals surface area contributed by atoms with Gasteiger partial charge in [0.2, 0.25) is 0 Å². The molecule has 0 spiro atoms. The Morgan fingerprint density at radius 3 is 2.50 bits per heavy atom. The van der Waals surface area contributed by atoms with Gasteiger partial charge in [0.1, 0.15) is 11.3 Å². The van der Waals surface area contributed by atoms with E-state index in [4.69, 9.17) is 16.3 Å². The van der Waals surface area contributed by atoms with E-state index in [1.54, 1.807) is 31.2 Å². The first-order chi connectivity index (χ1) is 17.2. The smallest absolute Gasteiger partial charge is 0.335 e. The van der Waals surface area contributed by atoms with Crippen LogP contribution in [0.25, 0.3) is 6.08 Å². The predicted octanol–water partition coefficient (Wildman–Crippen LogP) is 6.38. The average Bonchev–Trinajstić information content (AvgIpc) is 2.81. The third-order valence-corrected chi connectivity index (χ3v) is 6.92. The number of anilines is 1. The van der Waals surface area contributed by atoms with Crippen molar-refractivity contribution in [2.24, 2.45) is 0 Å². The first-order valence-electron chi connectivity index (χ1n) is 11.4. The number of carbonyl (C=O) groups is 3. The number of urea groups is 1. The first-order valence-corrected chi connectivity index (χ1v) is 12.5. The number of nitrogens with one attached hydrogen (secondary N) is 1. The van der Waals surface area contributed by atoms with Gasteiger partial charge in [-0.05, 0) is 67.8 Å². The molecule has 0 atom stereocenters. The number of amides is 4. The van der Waals surface area contributed by atoms with Gasteiger partial charge in [-0.3, -0.25) is 14.9 Å². The second-order valence-corrected chi connectivity index (χ2v) is 9.69. The van der Waals surface area contributed by atoms with E-state index < -0.39 is 17.8 Å². The van der Waals surface area contributed by atoms with Crippen molar-refractivity contribution < 1.29 is 19.1 Å². The number of benzene rings is 3.